The lowest BCUT2D eigenvalue weighted by atomic mass is 10.1. The Morgan fingerprint density at radius 2 is 2.00 bits per heavy atom. The SMILES string of the molecule is CCCOCCN(CCC(=O)O)c1ccccc1C. The van der Waals surface area contributed by atoms with E-state index in [1.165, 1.54) is 0 Å². The van der Waals surface area contributed by atoms with Gasteiger partial charge in [0.1, 0.15) is 0 Å². The zero-order chi connectivity index (χ0) is 14.1. The molecule has 4 heteroatoms. The van der Waals surface area contributed by atoms with E-state index in [0.29, 0.717) is 13.2 Å². The molecular weight excluding hydrogens is 242 g/mol. The second kappa shape index (κ2) is 8.53. The summed E-state index contributed by atoms with van der Waals surface area (Å²) >= 11 is 0. The molecule has 0 saturated carbocycles. The molecule has 0 heterocycles. The van der Waals surface area contributed by atoms with Crippen molar-refractivity contribution in [2.45, 2.75) is 26.7 Å². The number of carbonyl (C=O) groups is 1. The van der Waals surface area contributed by atoms with Gasteiger partial charge >= 0.3 is 5.97 Å². The van der Waals surface area contributed by atoms with Crippen molar-refractivity contribution < 1.29 is 14.6 Å². The molecule has 0 bridgehead atoms. The van der Waals surface area contributed by atoms with Crippen molar-refractivity contribution in [3.63, 3.8) is 0 Å². The van der Waals surface area contributed by atoms with E-state index in [1.807, 2.05) is 31.2 Å². The Labute approximate surface area is 115 Å². The molecular formula is C15H23NO3. The molecule has 0 spiro atoms. The number of carboxylic acid groups (broad SMARTS) is 1. The van der Waals surface area contributed by atoms with Gasteiger partial charge in [0.2, 0.25) is 0 Å². The summed E-state index contributed by atoms with van der Waals surface area (Å²) in [5.41, 5.74) is 2.24. The molecule has 0 saturated heterocycles. The Morgan fingerprint density at radius 1 is 1.26 bits per heavy atom. The summed E-state index contributed by atoms with van der Waals surface area (Å²) in [5.74, 6) is -0.770. The zero-order valence-corrected chi connectivity index (χ0v) is 11.8. The molecule has 4 nitrogen and oxygen atoms in total. The number of para-hydroxylation sites is 1. The largest absolute Gasteiger partial charge is 0.481 e. The molecule has 0 radical (unpaired) electrons. The van der Waals surface area contributed by atoms with Gasteiger partial charge in [0.25, 0.3) is 0 Å². The Hall–Kier alpha value is -1.55. The highest BCUT2D eigenvalue weighted by Gasteiger charge is 2.10. The number of aryl methyl sites for hydroxylation is 1. The van der Waals surface area contributed by atoms with Gasteiger partial charge in [-0.05, 0) is 25.0 Å². The number of benzene rings is 1. The summed E-state index contributed by atoms with van der Waals surface area (Å²) in [6.07, 6.45) is 1.14. The molecule has 1 N–H and O–H groups in total. The highest BCUT2D eigenvalue weighted by Crippen LogP contribution is 2.19. The number of carboxylic acids is 1. The monoisotopic (exact) mass is 265 g/mol. The molecule has 19 heavy (non-hydrogen) atoms. The standard InChI is InChI=1S/C15H23NO3/c1-3-11-19-12-10-16(9-8-15(17)18)14-7-5-4-6-13(14)2/h4-7H,3,8-12H2,1-2H3,(H,17,18). The quantitative estimate of drug-likeness (QED) is 0.697. The maximum Gasteiger partial charge on any atom is 0.305 e. The average Bonchev–Trinajstić information content (AvgIpc) is 2.39. The minimum Gasteiger partial charge on any atom is -0.481 e. The van der Waals surface area contributed by atoms with Crippen LogP contribution < -0.4 is 4.90 Å². The minimum atomic E-state index is -0.770. The van der Waals surface area contributed by atoms with Crippen molar-refractivity contribution in [1.29, 1.82) is 0 Å². The second-order valence-electron chi connectivity index (χ2n) is 4.53. The van der Waals surface area contributed by atoms with Crippen LogP contribution in [0.5, 0.6) is 0 Å². The van der Waals surface area contributed by atoms with E-state index in [-0.39, 0.29) is 6.42 Å². The Kier molecular flexibility index (Phi) is 6.97. The Balaban J connectivity index is 2.63. The molecule has 0 amide bonds. The maximum absolute atomic E-state index is 10.7. The van der Waals surface area contributed by atoms with Crippen LogP contribution in [0, 0.1) is 6.92 Å². The van der Waals surface area contributed by atoms with E-state index in [0.717, 1.165) is 30.8 Å². The molecule has 0 atom stereocenters. The number of aliphatic carboxylic acids is 1. The lowest BCUT2D eigenvalue weighted by Gasteiger charge is -2.25. The molecule has 0 aliphatic heterocycles. The molecule has 1 rings (SSSR count). The van der Waals surface area contributed by atoms with Crippen LogP contribution in [0.1, 0.15) is 25.3 Å². The molecule has 0 fully saturated rings. The number of anilines is 1. The van der Waals surface area contributed by atoms with Crippen molar-refractivity contribution in [3.8, 4) is 0 Å². The lowest BCUT2D eigenvalue weighted by molar-refractivity contribution is -0.136. The summed E-state index contributed by atoms with van der Waals surface area (Å²) in [6, 6.07) is 8.03. The van der Waals surface area contributed by atoms with Gasteiger partial charge in [-0.2, -0.15) is 0 Å². The van der Waals surface area contributed by atoms with E-state index in [4.69, 9.17) is 9.84 Å². The molecule has 0 aliphatic rings. The first kappa shape index (κ1) is 15.5. The number of ether oxygens (including phenoxy) is 1. The van der Waals surface area contributed by atoms with Gasteiger partial charge in [-0.1, -0.05) is 25.1 Å². The van der Waals surface area contributed by atoms with Gasteiger partial charge in [0.05, 0.1) is 13.0 Å². The fraction of sp³-hybridized carbons (Fsp3) is 0.533. The van der Waals surface area contributed by atoms with Crippen LogP contribution in [0.25, 0.3) is 0 Å². The predicted molar refractivity (Wildman–Crippen MR) is 76.8 cm³/mol. The van der Waals surface area contributed by atoms with Gasteiger partial charge in [-0.3, -0.25) is 4.79 Å². The highest BCUT2D eigenvalue weighted by atomic mass is 16.5. The van der Waals surface area contributed by atoms with Crippen molar-refractivity contribution in [1.82, 2.24) is 0 Å². The van der Waals surface area contributed by atoms with Crippen LogP contribution >= 0.6 is 0 Å². The Bertz CT molecular complexity index is 393. The fourth-order valence-corrected chi connectivity index (χ4v) is 1.92. The third kappa shape index (κ3) is 5.75. The summed E-state index contributed by atoms with van der Waals surface area (Å²) in [6.45, 7) is 6.72. The molecule has 1 aromatic rings. The first-order valence-corrected chi connectivity index (χ1v) is 6.75. The number of hydrogen-bond acceptors (Lipinski definition) is 3. The van der Waals surface area contributed by atoms with Crippen LogP contribution in [0.4, 0.5) is 5.69 Å². The van der Waals surface area contributed by atoms with E-state index in [2.05, 4.69) is 11.8 Å². The van der Waals surface area contributed by atoms with Crippen LogP contribution in [0.2, 0.25) is 0 Å². The normalized spacial score (nSPS) is 10.4. The van der Waals surface area contributed by atoms with Crippen LogP contribution in [0.15, 0.2) is 24.3 Å². The van der Waals surface area contributed by atoms with Crippen LogP contribution in [-0.2, 0) is 9.53 Å². The maximum atomic E-state index is 10.7. The zero-order valence-electron chi connectivity index (χ0n) is 11.8. The van der Waals surface area contributed by atoms with E-state index >= 15 is 0 Å². The summed E-state index contributed by atoms with van der Waals surface area (Å²) < 4.78 is 5.49. The summed E-state index contributed by atoms with van der Waals surface area (Å²) in [4.78, 5) is 12.8. The van der Waals surface area contributed by atoms with Crippen molar-refractivity contribution in [3.05, 3.63) is 29.8 Å². The highest BCUT2D eigenvalue weighted by molar-refractivity contribution is 5.68. The van der Waals surface area contributed by atoms with Gasteiger partial charge in [0, 0.05) is 25.4 Å². The molecule has 0 aliphatic carbocycles. The van der Waals surface area contributed by atoms with Gasteiger partial charge in [-0.15, -0.1) is 0 Å². The van der Waals surface area contributed by atoms with Crippen molar-refractivity contribution in [2.75, 3.05) is 31.2 Å². The second-order valence-corrected chi connectivity index (χ2v) is 4.53. The van der Waals surface area contributed by atoms with Gasteiger partial charge in [0.15, 0.2) is 0 Å². The molecule has 0 aromatic heterocycles. The van der Waals surface area contributed by atoms with E-state index < -0.39 is 5.97 Å². The predicted octanol–water partition coefficient (Wildman–Crippen LogP) is 2.70. The first-order chi connectivity index (χ1) is 9.15. The number of nitrogens with zero attached hydrogens (tertiary/aromatic N) is 1. The first-order valence-electron chi connectivity index (χ1n) is 6.75. The third-order valence-electron chi connectivity index (χ3n) is 2.91. The van der Waals surface area contributed by atoms with Crippen LogP contribution in [-0.4, -0.2) is 37.4 Å². The van der Waals surface area contributed by atoms with Gasteiger partial charge in [-0.25, -0.2) is 0 Å². The average molecular weight is 265 g/mol. The number of rotatable bonds is 9. The van der Waals surface area contributed by atoms with Crippen LogP contribution in [0.3, 0.4) is 0 Å². The van der Waals surface area contributed by atoms with E-state index in [1.54, 1.807) is 0 Å². The fourth-order valence-electron chi connectivity index (χ4n) is 1.92. The minimum absolute atomic E-state index is 0.141. The van der Waals surface area contributed by atoms with Crippen molar-refractivity contribution >= 4 is 11.7 Å². The molecule has 1 aromatic carbocycles. The smallest absolute Gasteiger partial charge is 0.305 e. The van der Waals surface area contributed by atoms with E-state index in [9.17, 15) is 4.79 Å². The van der Waals surface area contributed by atoms with Gasteiger partial charge < -0.3 is 14.7 Å². The number of hydrogen-bond donors (Lipinski definition) is 1. The third-order valence-corrected chi connectivity index (χ3v) is 2.91. The topological polar surface area (TPSA) is 49.8 Å². The van der Waals surface area contributed by atoms with Crippen molar-refractivity contribution in [2.24, 2.45) is 0 Å². The molecule has 0 unspecified atom stereocenters. The Morgan fingerprint density at radius 3 is 2.63 bits per heavy atom. The summed E-state index contributed by atoms with van der Waals surface area (Å²) in [5, 5.41) is 8.83. The lowest BCUT2D eigenvalue weighted by Crippen LogP contribution is -2.30. The molecule has 106 valence electrons. The summed E-state index contributed by atoms with van der Waals surface area (Å²) in [7, 11) is 0.